The first-order valence-electron chi connectivity index (χ1n) is 5.66. The number of piperidine rings is 1. The SMILES string of the molecule is CC1CCCN(C(=O)c2cn(C)nc2N)C1. The van der Waals surface area contributed by atoms with Crippen molar-refractivity contribution in [1.29, 1.82) is 0 Å². The lowest BCUT2D eigenvalue weighted by Gasteiger charge is -2.30. The van der Waals surface area contributed by atoms with Gasteiger partial charge in [-0.05, 0) is 18.8 Å². The van der Waals surface area contributed by atoms with Gasteiger partial charge in [-0.3, -0.25) is 9.48 Å². The Morgan fingerprint density at radius 3 is 2.94 bits per heavy atom. The molecule has 0 spiro atoms. The molecule has 1 aliphatic rings. The molecule has 88 valence electrons. The van der Waals surface area contributed by atoms with E-state index in [4.69, 9.17) is 5.73 Å². The van der Waals surface area contributed by atoms with E-state index < -0.39 is 0 Å². The van der Waals surface area contributed by atoms with Crippen LogP contribution in [0.15, 0.2) is 6.20 Å². The van der Waals surface area contributed by atoms with Crippen molar-refractivity contribution in [3.05, 3.63) is 11.8 Å². The number of likely N-dealkylation sites (tertiary alicyclic amines) is 1. The van der Waals surface area contributed by atoms with Gasteiger partial charge in [0.25, 0.3) is 5.91 Å². The van der Waals surface area contributed by atoms with Crippen LogP contribution in [0.3, 0.4) is 0 Å². The molecule has 0 radical (unpaired) electrons. The van der Waals surface area contributed by atoms with E-state index in [1.54, 1.807) is 17.9 Å². The summed E-state index contributed by atoms with van der Waals surface area (Å²) in [6.07, 6.45) is 3.97. The maximum atomic E-state index is 12.2. The van der Waals surface area contributed by atoms with E-state index in [1.807, 2.05) is 4.90 Å². The van der Waals surface area contributed by atoms with Gasteiger partial charge >= 0.3 is 0 Å². The Morgan fingerprint density at radius 1 is 1.62 bits per heavy atom. The van der Waals surface area contributed by atoms with Crippen molar-refractivity contribution in [2.45, 2.75) is 19.8 Å². The highest BCUT2D eigenvalue weighted by Crippen LogP contribution is 2.19. The van der Waals surface area contributed by atoms with Crippen LogP contribution in [0, 0.1) is 5.92 Å². The third-order valence-electron chi connectivity index (χ3n) is 3.03. The first kappa shape index (κ1) is 11.0. The van der Waals surface area contributed by atoms with Crippen LogP contribution in [0.2, 0.25) is 0 Å². The summed E-state index contributed by atoms with van der Waals surface area (Å²) in [7, 11) is 1.77. The fourth-order valence-corrected chi connectivity index (χ4v) is 2.21. The summed E-state index contributed by atoms with van der Waals surface area (Å²) in [5.74, 6) is 0.915. The van der Waals surface area contributed by atoms with Gasteiger partial charge in [0.1, 0.15) is 5.56 Å². The highest BCUT2D eigenvalue weighted by Gasteiger charge is 2.24. The Kier molecular flexibility index (Phi) is 2.85. The molecule has 2 rings (SSSR count). The summed E-state index contributed by atoms with van der Waals surface area (Å²) in [5.41, 5.74) is 6.23. The van der Waals surface area contributed by atoms with Gasteiger partial charge < -0.3 is 10.6 Å². The van der Waals surface area contributed by atoms with Gasteiger partial charge in [0.2, 0.25) is 0 Å². The lowest BCUT2D eigenvalue weighted by atomic mass is 10.00. The van der Waals surface area contributed by atoms with Gasteiger partial charge in [-0.15, -0.1) is 0 Å². The number of aryl methyl sites for hydroxylation is 1. The molecule has 2 heterocycles. The minimum Gasteiger partial charge on any atom is -0.382 e. The highest BCUT2D eigenvalue weighted by molar-refractivity contribution is 5.98. The van der Waals surface area contributed by atoms with E-state index in [-0.39, 0.29) is 5.91 Å². The zero-order valence-electron chi connectivity index (χ0n) is 9.81. The van der Waals surface area contributed by atoms with E-state index in [0.29, 0.717) is 17.3 Å². The molecule has 1 aromatic rings. The summed E-state index contributed by atoms with van der Waals surface area (Å²) in [5, 5.41) is 3.99. The molecule has 2 N–H and O–H groups in total. The zero-order chi connectivity index (χ0) is 11.7. The second-order valence-corrected chi connectivity index (χ2v) is 4.60. The van der Waals surface area contributed by atoms with Gasteiger partial charge in [0.05, 0.1) is 0 Å². The number of anilines is 1. The molecule has 1 atom stereocenters. The van der Waals surface area contributed by atoms with E-state index >= 15 is 0 Å². The predicted molar refractivity (Wildman–Crippen MR) is 61.9 cm³/mol. The van der Waals surface area contributed by atoms with E-state index in [9.17, 15) is 4.79 Å². The molecule has 16 heavy (non-hydrogen) atoms. The van der Waals surface area contributed by atoms with Crippen LogP contribution >= 0.6 is 0 Å². The standard InChI is InChI=1S/C11H18N4O/c1-8-4-3-5-15(6-8)11(16)9-7-14(2)13-10(9)12/h7-8H,3-6H2,1-2H3,(H2,12,13). The number of hydrogen-bond donors (Lipinski definition) is 1. The topological polar surface area (TPSA) is 64.2 Å². The lowest BCUT2D eigenvalue weighted by Crippen LogP contribution is -2.39. The molecule has 0 saturated carbocycles. The maximum Gasteiger partial charge on any atom is 0.259 e. The molecule has 5 heteroatoms. The van der Waals surface area contributed by atoms with Gasteiger partial charge in [-0.1, -0.05) is 6.92 Å². The van der Waals surface area contributed by atoms with Crippen LogP contribution in [0.5, 0.6) is 0 Å². The fraction of sp³-hybridized carbons (Fsp3) is 0.636. The number of rotatable bonds is 1. The Bertz CT molecular complexity index is 399. The maximum absolute atomic E-state index is 12.2. The lowest BCUT2D eigenvalue weighted by molar-refractivity contribution is 0.0684. The van der Waals surface area contributed by atoms with E-state index in [2.05, 4.69) is 12.0 Å². The van der Waals surface area contributed by atoms with Crippen molar-refractivity contribution in [2.24, 2.45) is 13.0 Å². The average Bonchev–Trinajstić information content (AvgIpc) is 2.57. The molecular formula is C11H18N4O. The first-order valence-corrected chi connectivity index (χ1v) is 5.66. The Balaban J connectivity index is 2.15. The fourth-order valence-electron chi connectivity index (χ4n) is 2.21. The molecule has 0 aliphatic carbocycles. The smallest absolute Gasteiger partial charge is 0.259 e. The first-order chi connectivity index (χ1) is 7.58. The number of nitrogens with zero attached hydrogens (tertiary/aromatic N) is 3. The normalized spacial score (nSPS) is 21.1. The van der Waals surface area contributed by atoms with Gasteiger partial charge in [-0.25, -0.2) is 0 Å². The molecule has 0 aromatic carbocycles. The van der Waals surface area contributed by atoms with Crippen molar-refractivity contribution in [3.63, 3.8) is 0 Å². The zero-order valence-corrected chi connectivity index (χ0v) is 9.81. The van der Waals surface area contributed by atoms with Crippen molar-refractivity contribution in [3.8, 4) is 0 Å². The van der Waals surface area contributed by atoms with Crippen molar-refractivity contribution >= 4 is 11.7 Å². The predicted octanol–water partition coefficient (Wildman–Crippen LogP) is 0.874. The van der Waals surface area contributed by atoms with Gasteiger partial charge in [0.15, 0.2) is 5.82 Å². The summed E-state index contributed by atoms with van der Waals surface area (Å²) >= 11 is 0. The van der Waals surface area contributed by atoms with Gasteiger partial charge in [-0.2, -0.15) is 5.10 Å². The quantitative estimate of drug-likeness (QED) is 0.767. The van der Waals surface area contributed by atoms with Crippen molar-refractivity contribution in [2.75, 3.05) is 18.8 Å². The van der Waals surface area contributed by atoms with Crippen LogP contribution in [-0.2, 0) is 7.05 Å². The van der Waals surface area contributed by atoms with Crippen LogP contribution in [0.4, 0.5) is 5.82 Å². The molecule has 1 aromatic heterocycles. The van der Waals surface area contributed by atoms with Crippen molar-refractivity contribution in [1.82, 2.24) is 14.7 Å². The Labute approximate surface area is 95.2 Å². The molecule has 0 bridgehead atoms. The number of nitrogens with two attached hydrogens (primary N) is 1. The van der Waals surface area contributed by atoms with Crippen molar-refractivity contribution < 1.29 is 4.79 Å². The Hall–Kier alpha value is -1.52. The van der Waals surface area contributed by atoms with E-state index in [0.717, 1.165) is 19.5 Å². The van der Waals surface area contributed by atoms with Crippen LogP contribution in [0.25, 0.3) is 0 Å². The van der Waals surface area contributed by atoms with Gasteiger partial charge in [0, 0.05) is 26.3 Å². The summed E-state index contributed by atoms with van der Waals surface area (Å²) in [4.78, 5) is 14.0. The second-order valence-electron chi connectivity index (χ2n) is 4.60. The summed E-state index contributed by atoms with van der Waals surface area (Å²) in [6, 6.07) is 0. The molecule has 1 fully saturated rings. The molecule has 1 unspecified atom stereocenters. The average molecular weight is 222 g/mol. The molecule has 1 amide bonds. The highest BCUT2D eigenvalue weighted by atomic mass is 16.2. The molecule has 1 saturated heterocycles. The monoisotopic (exact) mass is 222 g/mol. The summed E-state index contributed by atoms with van der Waals surface area (Å²) < 4.78 is 1.58. The number of aromatic nitrogens is 2. The molecule has 5 nitrogen and oxygen atoms in total. The van der Waals surface area contributed by atoms with Crippen LogP contribution in [0.1, 0.15) is 30.1 Å². The summed E-state index contributed by atoms with van der Waals surface area (Å²) in [6.45, 7) is 3.83. The molecule has 1 aliphatic heterocycles. The van der Waals surface area contributed by atoms with Crippen LogP contribution in [-0.4, -0.2) is 33.7 Å². The Morgan fingerprint density at radius 2 is 2.38 bits per heavy atom. The number of carbonyl (C=O) groups is 1. The number of carbonyl (C=O) groups excluding carboxylic acids is 1. The second kappa shape index (κ2) is 4.15. The number of hydrogen-bond acceptors (Lipinski definition) is 3. The molecular weight excluding hydrogens is 204 g/mol. The minimum atomic E-state index is 0.0113. The minimum absolute atomic E-state index is 0.0113. The number of amides is 1. The largest absolute Gasteiger partial charge is 0.382 e. The van der Waals surface area contributed by atoms with E-state index in [1.165, 1.54) is 6.42 Å². The number of nitrogen functional groups attached to an aromatic ring is 1. The van der Waals surface area contributed by atoms with Crippen LogP contribution < -0.4 is 5.73 Å². The third kappa shape index (κ3) is 2.03. The third-order valence-corrected chi connectivity index (χ3v) is 3.03.